The van der Waals surface area contributed by atoms with E-state index in [0.717, 1.165) is 0 Å². The van der Waals surface area contributed by atoms with Crippen LogP contribution in [-0.4, -0.2) is 99.4 Å². The summed E-state index contributed by atoms with van der Waals surface area (Å²) in [6, 6.07) is -3.83. The molecule has 0 aromatic carbocycles. The standard InChI is InChI=1S/C21H35N7O7/c22-12(4-1-9-25-21(23)24)18(32)28-11-3-6-15(28)19(33)27-10-2-5-14(27)17(31)26-13(20(34)35)7-8-16(29)30/h12-15H,1-11,22H2,(H,26,31)(H,29,30)(H,34,35)(H4,23,24,25). The highest BCUT2D eigenvalue weighted by atomic mass is 16.4. The third-order valence-corrected chi connectivity index (χ3v) is 6.21. The van der Waals surface area contributed by atoms with Gasteiger partial charge in [0.2, 0.25) is 17.7 Å². The molecule has 4 unspecified atom stereocenters. The summed E-state index contributed by atoms with van der Waals surface area (Å²) in [6.07, 6.45) is 2.08. The second-order valence-electron chi connectivity index (χ2n) is 8.77. The van der Waals surface area contributed by atoms with Crippen LogP contribution in [0.25, 0.3) is 0 Å². The SMILES string of the molecule is NC(N)=NCCCC(N)C(=O)N1CCCC1C(=O)N1CCCC1C(=O)NC(CCC(=O)O)C(=O)O. The molecule has 0 saturated carbocycles. The Morgan fingerprint density at radius 1 is 0.971 bits per heavy atom. The Morgan fingerprint density at radius 3 is 2.20 bits per heavy atom. The Morgan fingerprint density at radius 2 is 1.60 bits per heavy atom. The summed E-state index contributed by atoms with van der Waals surface area (Å²) in [6.45, 7) is 1.00. The van der Waals surface area contributed by atoms with E-state index in [-0.39, 0.29) is 24.2 Å². The zero-order valence-electron chi connectivity index (χ0n) is 19.6. The highest BCUT2D eigenvalue weighted by Crippen LogP contribution is 2.26. The molecule has 2 fully saturated rings. The number of carboxylic acids is 2. The van der Waals surface area contributed by atoms with Crippen LogP contribution in [0.1, 0.15) is 51.4 Å². The molecule has 2 heterocycles. The fourth-order valence-electron chi connectivity index (χ4n) is 4.43. The molecule has 0 aliphatic carbocycles. The number of aliphatic carboxylic acids is 2. The predicted molar refractivity (Wildman–Crippen MR) is 124 cm³/mol. The highest BCUT2D eigenvalue weighted by Gasteiger charge is 2.43. The van der Waals surface area contributed by atoms with Gasteiger partial charge >= 0.3 is 11.9 Å². The number of amides is 3. The summed E-state index contributed by atoms with van der Waals surface area (Å²) in [5, 5.41) is 20.5. The molecular weight excluding hydrogens is 462 g/mol. The van der Waals surface area contributed by atoms with Crippen LogP contribution in [0.2, 0.25) is 0 Å². The van der Waals surface area contributed by atoms with Crippen molar-refractivity contribution in [3.63, 3.8) is 0 Å². The number of likely N-dealkylation sites (tertiary alicyclic amines) is 2. The molecule has 0 spiro atoms. The van der Waals surface area contributed by atoms with Crippen LogP contribution < -0.4 is 22.5 Å². The summed E-state index contributed by atoms with van der Waals surface area (Å²) in [5.74, 6) is -3.96. The smallest absolute Gasteiger partial charge is 0.326 e. The van der Waals surface area contributed by atoms with Gasteiger partial charge < -0.3 is 42.5 Å². The van der Waals surface area contributed by atoms with Crippen LogP contribution in [0.15, 0.2) is 4.99 Å². The molecule has 2 rings (SSSR count). The Labute approximate surface area is 202 Å². The van der Waals surface area contributed by atoms with Crippen molar-refractivity contribution < 1.29 is 34.2 Å². The zero-order valence-corrected chi connectivity index (χ0v) is 19.6. The monoisotopic (exact) mass is 497 g/mol. The Balaban J connectivity index is 2.01. The van der Waals surface area contributed by atoms with E-state index in [0.29, 0.717) is 58.2 Å². The maximum Gasteiger partial charge on any atom is 0.326 e. The molecule has 14 nitrogen and oxygen atoms in total. The predicted octanol–water partition coefficient (Wildman–Crippen LogP) is -2.22. The summed E-state index contributed by atoms with van der Waals surface area (Å²) in [7, 11) is 0. The molecule has 35 heavy (non-hydrogen) atoms. The van der Waals surface area contributed by atoms with Gasteiger partial charge in [0.25, 0.3) is 0 Å². The average Bonchev–Trinajstić information content (AvgIpc) is 3.47. The van der Waals surface area contributed by atoms with Gasteiger partial charge in [0.1, 0.15) is 18.1 Å². The van der Waals surface area contributed by atoms with Crippen molar-refractivity contribution >= 4 is 35.6 Å². The van der Waals surface area contributed by atoms with E-state index < -0.39 is 48.4 Å². The van der Waals surface area contributed by atoms with Crippen molar-refractivity contribution in [3.05, 3.63) is 0 Å². The lowest BCUT2D eigenvalue weighted by atomic mass is 10.1. The molecule has 2 aliphatic rings. The Hall–Kier alpha value is -3.42. The number of carbonyl (C=O) groups excluding carboxylic acids is 3. The Bertz CT molecular complexity index is 846. The van der Waals surface area contributed by atoms with Crippen LogP contribution in [0.3, 0.4) is 0 Å². The molecule has 0 aromatic heterocycles. The number of hydrogen-bond donors (Lipinski definition) is 6. The number of carboxylic acid groups (broad SMARTS) is 2. The van der Waals surface area contributed by atoms with E-state index >= 15 is 0 Å². The number of nitrogens with zero attached hydrogens (tertiary/aromatic N) is 3. The lowest BCUT2D eigenvalue weighted by molar-refractivity contribution is -0.148. The number of guanidine groups is 1. The molecule has 0 radical (unpaired) electrons. The van der Waals surface area contributed by atoms with Crippen molar-refractivity contribution in [3.8, 4) is 0 Å². The molecule has 196 valence electrons. The maximum atomic E-state index is 13.3. The second kappa shape index (κ2) is 12.9. The summed E-state index contributed by atoms with van der Waals surface area (Å²) in [5.41, 5.74) is 16.6. The van der Waals surface area contributed by atoms with Gasteiger partial charge in [-0.05, 0) is 44.9 Å². The fourth-order valence-corrected chi connectivity index (χ4v) is 4.43. The minimum Gasteiger partial charge on any atom is -0.481 e. The van der Waals surface area contributed by atoms with E-state index in [1.807, 2.05) is 0 Å². The lowest BCUT2D eigenvalue weighted by Gasteiger charge is -2.32. The minimum atomic E-state index is -1.38. The summed E-state index contributed by atoms with van der Waals surface area (Å²) in [4.78, 5) is 68.0. The second-order valence-corrected chi connectivity index (χ2v) is 8.77. The summed E-state index contributed by atoms with van der Waals surface area (Å²) < 4.78 is 0. The molecule has 0 aromatic rings. The van der Waals surface area contributed by atoms with Crippen LogP contribution in [0, 0.1) is 0 Å². The first kappa shape index (κ1) is 27.8. The number of nitrogens with one attached hydrogen (secondary N) is 1. The van der Waals surface area contributed by atoms with Gasteiger partial charge in [0.05, 0.1) is 6.04 Å². The van der Waals surface area contributed by atoms with Crippen LogP contribution in [0.4, 0.5) is 0 Å². The Kier molecular flexibility index (Phi) is 10.2. The van der Waals surface area contributed by atoms with Crippen LogP contribution in [-0.2, 0) is 24.0 Å². The van der Waals surface area contributed by atoms with Gasteiger partial charge in [-0.15, -0.1) is 0 Å². The van der Waals surface area contributed by atoms with E-state index in [2.05, 4.69) is 10.3 Å². The van der Waals surface area contributed by atoms with Crippen molar-refractivity contribution in [1.29, 1.82) is 0 Å². The third kappa shape index (κ3) is 7.80. The largest absolute Gasteiger partial charge is 0.481 e. The molecule has 2 saturated heterocycles. The van der Waals surface area contributed by atoms with Crippen molar-refractivity contribution in [2.45, 2.75) is 75.5 Å². The maximum absolute atomic E-state index is 13.3. The highest BCUT2D eigenvalue weighted by molar-refractivity contribution is 5.95. The molecule has 3 amide bonds. The molecule has 9 N–H and O–H groups in total. The van der Waals surface area contributed by atoms with Gasteiger partial charge in [-0.3, -0.25) is 24.2 Å². The molecule has 2 aliphatic heterocycles. The molecule has 14 heteroatoms. The van der Waals surface area contributed by atoms with E-state index in [4.69, 9.17) is 22.3 Å². The van der Waals surface area contributed by atoms with E-state index in [9.17, 15) is 29.1 Å². The molecule has 4 atom stereocenters. The van der Waals surface area contributed by atoms with Crippen molar-refractivity contribution in [1.82, 2.24) is 15.1 Å². The number of carbonyl (C=O) groups is 5. The number of aliphatic imine (C=N–C) groups is 1. The number of nitrogens with two attached hydrogens (primary N) is 3. The van der Waals surface area contributed by atoms with E-state index in [1.54, 1.807) is 0 Å². The topological polar surface area (TPSA) is 235 Å². The van der Waals surface area contributed by atoms with Crippen LogP contribution >= 0.6 is 0 Å². The van der Waals surface area contributed by atoms with E-state index in [1.165, 1.54) is 9.80 Å². The van der Waals surface area contributed by atoms with Gasteiger partial charge in [0, 0.05) is 26.1 Å². The summed E-state index contributed by atoms with van der Waals surface area (Å²) >= 11 is 0. The zero-order chi connectivity index (χ0) is 26.1. The van der Waals surface area contributed by atoms with Crippen molar-refractivity contribution in [2.24, 2.45) is 22.2 Å². The number of rotatable bonds is 12. The lowest BCUT2D eigenvalue weighted by Crippen LogP contribution is -2.56. The van der Waals surface area contributed by atoms with Crippen molar-refractivity contribution in [2.75, 3.05) is 19.6 Å². The minimum absolute atomic E-state index is 0.0455. The van der Waals surface area contributed by atoms with Crippen LogP contribution in [0.5, 0.6) is 0 Å². The first-order valence-corrected chi connectivity index (χ1v) is 11.7. The van der Waals surface area contributed by atoms with Gasteiger partial charge in [-0.25, -0.2) is 4.79 Å². The first-order chi connectivity index (χ1) is 16.5. The molecule has 0 bridgehead atoms. The fraction of sp³-hybridized carbons (Fsp3) is 0.714. The van der Waals surface area contributed by atoms with Gasteiger partial charge in [-0.2, -0.15) is 0 Å². The third-order valence-electron chi connectivity index (χ3n) is 6.21. The number of hydrogen-bond acceptors (Lipinski definition) is 7. The normalized spacial score (nSPS) is 21.3. The van der Waals surface area contributed by atoms with Gasteiger partial charge in [0.15, 0.2) is 5.96 Å². The average molecular weight is 498 g/mol. The molecular formula is C21H35N7O7. The quantitative estimate of drug-likeness (QED) is 0.0965. The first-order valence-electron chi connectivity index (χ1n) is 11.7. The van der Waals surface area contributed by atoms with Gasteiger partial charge in [-0.1, -0.05) is 0 Å².